The van der Waals surface area contributed by atoms with Gasteiger partial charge in [0.2, 0.25) is 0 Å². The minimum Gasteiger partial charge on any atom is -0.759 e. The Kier molecular flexibility index (Phi) is 2.77. The third-order valence-corrected chi connectivity index (χ3v) is 3.70. The van der Waals surface area contributed by atoms with Crippen LogP contribution in [0, 0.1) is 13.8 Å². The lowest BCUT2D eigenvalue weighted by molar-refractivity contribution is 0.0605. The molecule has 84 valence electrons. The number of fused-ring (bicyclic) bond motifs is 1. The average molecular weight is 253 g/mol. The number of rotatable bonds is 1. The first-order chi connectivity index (χ1) is 7.54. The highest BCUT2D eigenvalue weighted by Gasteiger charge is 2.17. The van der Waals surface area contributed by atoms with Gasteiger partial charge in [-0.3, -0.25) is 4.98 Å². The number of aryl methyl sites for hydroxylation is 2. The van der Waals surface area contributed by atoms with E-state index in [4.69, 9.17) is 17.4 Å². The van der Waals surface area contributed by atoms with E-state index in [1.54, 1.807) is 6.92 Å². The molecule has 2 aromatic heterocycles. The predicted molar refractivity (Wildman–Crippen MR) is 63.9 cm³/mol. The number of carbonyl (C=O) groups excluding carboxylic acids is 1. The van der Waals surface area contributed by atoms with Crippen molar-refractivity contribution >= 4 is 40.2 Å². The Labute approximate surface area is 102 Å². The van der Waals surface area contributed by atoms with E-state index in [2.05, 4.69) is 9.97 Å². The lowest BCUT2D eigenvalue weighted by Crippen LogP contribution is -1.99. The van der Waals surface area contributed by atoms with Crippen molar-refractivity contribution in [2.75, 3.05) is 7.11 Å². The van der Waals surface area contributed by atoms with Crippen LogP contribution in [0.2, 0.25) is 0 Å². The van der Waals surface area contributed by atoms with Crippen LogP contribution in [0.5, 0.6) is 0 Å². The molecule has 0 saturated carbocycles. The minimum absolute atomic E-state index is 0.354. The summed E-state index contributed by atoms with van der Waals surface area (Å²) >= 11 is 6.46. The summed E-state index contributed by atoms with van der Waals surface area (Å²) in [6.45, 7) is 3.61. The van der Waals surface area contributed by atoms with Gasteiger partial charge in [0.15, 0.2) is 0 Å². The Balaban J connectivity index is 2.78. The lowest BCUT2D eigenvalue weighted by Gasteiger charge is -2.07. The molecule has 16 heavy (non-hydrogen) atoms. The second kappa shape index (κ2) is 3.95. The first kappa shape index (κ1) is 11.2. The Morgan fingerprint density at radius 2 is 2.06 bits per heavy atom. The van der Waals surface area contributed by atoms with Crippen LogP contribution < -0.4 is 0 Å². The summed E-state index contributed by atoms with van der Waals surface area (Å²) in [4.78, 5) is 21.2. The maximum absolute atomic E-state index is 11.5. The fraction of sp³-hybridized carbons (Fsp3) is 0.300. The average Bonchev–Trinajstić information content (AvgIpc) is 2.54. The molecule has 0 spiro atoms. The monoisotopic (exact) mass is 253 g/mol. The van der Waals surface area contributed by atoms with Crippen molar-refractivity contribution in [3.05, 3.63) is 16.3 Å². The van der Waals surface area contributed by atoms with E-state index in [0.717, 1.165) is 15.8 Å². The van der Waals surface area contributed by atoms with Gasteiger partial charge in [0.05, 0.1) is 7.11 Å². The van der Waals surface area contributed by atoms with E-state index in [-0.39, 0.29) is 5.97 Å². The summed E-state index contributed by atoms with van der Waals surface area (Å²) in [5.74, 6) is 0.266. The van der Waals surface area contributed by atoms with Crippen molar-refractivity contribution in [2.24, 2.45) is 0 Å². The number of hydrogen-bond donors (Lipinski definition) is 0. The number of hydrogen-bond acceptors (Lipinski definition) is 6. The molecule has 0 unspecified atom stereocenters. The maximum Gasteiger partial charge on any atom is 0.348 e. The molecule has 0 N–H and O–H groups in total. The molecule has 0 aliphatic rings. The molecule has 0 amide bonds. The smallest absolute Gasteiger partial charge is 0.348 e. The first-order valence-electron chi connectivity index (χ1n) is 4.57. The van der Waals surface area contributed by atoms with Crippen LogP contribution in [0.3, 0.4) is 0 Å². The zero-order chi connectivity index (χ0) is 11.9. The van der Waals surface area contributed by atoms with Gasteiger partial charge in [-0.1, -0.05) is 5.03 Å². The molecule has 4 nitrogen and oxygen atoms in total. The van der Waals surface area contributed by atoms with Gasteiger partial charge in [-0.25, -0.2) is 9.78 Å². The van der Waals surface area contributed by atoms with E-state index in [0.29, 0.717) is 15.7 Å². The summed E-state index contributed by atoms with van der Waals surface area (Å²) in [5, 5.41) is 1.28. The van der Waals surface area contributed by atoms with Crippen LogP contribution >= 0.6 is 11.3 Å². The molecular weight excluding hydrogens is 244 g/mol. The maximum atomic E-state index is 11.5. The van der Waals surface area contributed by atoms with E-state index < -0.39 is 0 Å². The Morgan fingerprint density at radius 1 is 1.38 bits per heavy atom. The molecule has 2 aromatic rings. The molecule has 0 bridgehead atoms. The van der Waals surface area contributed by atoms with Gasteiger partial charge in [0.1, 0.15) is 15.5 Å². The predicted octanol–water partition coefficient (Wildman–Crippen LogP) is 2.00. The van der Waals surface area contributed by atoms with Gasteiger partial charge in [0, 0.05) is 5.39 Å². The largest absolute Gasteiger partial charge is 0.759 e. The Bertz CT molecular complexity index is 578. The lowest BCUT2D eigenvalue weighted by atomic mass is 10.2. The van der Waals surface area contributed by atoms with Gasteiger partial charge in [0.25, 0.3) is 0 Å². The first-order valence-corrected chi connectivity index (χ1v) is 5.80. The highest BCUT2D eigenvalue weighted by Crippen LogP contribution is 2.31. The molecule has 2 heterocycles. The Hall–Kier alpha value is -1.27. The number of methoxy groups -OCH3 is 1. The van der Waals surface area contributed by atoms with Crippen molar-refractivity contribution in [3.8, 4) is 0 Å². The van der Waals surface area contributed by atoms with Gasteiger partial charge in [-0.05, 0) is 19.4 Å². The highest BCUT2D eigenvalue weighted by molar-refractivity contribution is 7.59. The summed E-state index contributed by atoms with van der Waals surface area (Å²) in [5.41, 5.74) is 0.803. The number of carbonyl (C=O) groups is 1. The zero-order valence-corrected chi connectivity index (χ0v) is 10.7. The molecular formula is C10H9N2O2S2-. The third kappa shape index (κ3) is 1.64. The second-order valence-corrected chi connectivity index (χ2v) is 4.69. The summed E-state index contributed by atoms with van der Waals surface area (Å²) < 4.78 is 4.71. The SMILES string of the molecule is COC(=O)c1sc2nc(C)nc([S-])c2c1C. The molecule has 6 heteroatoms. The van der Waals surface area contributed by atoms with Crippen LogP contribution in [0.25, 0.3) is 10.2 Å². The molecule has 0 aromatic carbocycles. The summed E-state index contributed by atoms with van der Waals surface area (Å²) in [7, 11) is 1.36. The molecule has 0 radical (unpaired) electrons. The second-order valence-electron chi connectivity index (χ2n) is 3.30. The number of esters is 1. The van der Waals surface area contributed by atoms with Crippen molar-refractivity contribution in [1.29, 1.82) is 0 Å². The normalized spacial score (nSPS) is 10.7. The molecule has 0 aliphatic heterocycles. The molecule has 0 fully saturated rings. The molecule has 0 saturated heterocycles. The zero-order valence-electron chi connectivity index (χ0n) is 9.03. The van der Waals surface area contributed by atoms with Crippen LogP contribution in [-0.2, 0) is 17.4 Å². The highest BCUT2D eigenvalue weighted by atomic mass is 32.1. The van der Waals surface area contributed by atoms with E-state index in [9.17, 15) is 4.79 Å². The molecule has 0 atom stereocenters. The van der Waals surface area contributed by atoms with Crippen molar-refractivity contribution < 1.29 is 9.53 Å². The van der Waals surface area contributed by atoms with Gasteiger partial charge in [-0.2, -0.15) is 0 Å². The van der Waals surface area contributed by atoms with Crippen LogP contribution in [0.4, 0.5) is 0 Å². The van der Waals surface area contributed by atoms with Gasteiger partial charge < -0.3 is 17.4 Å². The summed E-state index contributed by atoms with van der Waals surface area (Å²) in [6, 6.07) is 0. The van der Waals surface area contributed by atoms with Crippen molar-refractivity contribution in [1.82, 2.24) is 9.97 Å². The number of aromatic nitrogens is 2. The standard InChI is InChI=1S/C10H10N2O2S2/c1-4-6-8(15)11-5(2)12-9(6)16-7(4)10(13)14-3/h1-3H3,(H,11,12,15)/p-1. The minimum atomic E-state index is -0.354. The molecule has 2 rings (SSSR count). The van der Waals surface area contributed by atoms with Crippen molar-refractivity contribution in [2.45, 2.75) is 18.9 Å². The van der Waals surface area contributed by atoms with Crippen molar-refractivity contribution in [3.63, 3.8) is 0 Å². The number of thiophene rings is 1. The van der Waals surface area contributed by atoms with Gasteiger partial charge in [-0.15, -0.1) is 11.3 Å². The third-order valence-electron chi connectivity index (χ3n) is 2.24. The van der Waals surface area contributed by atoms with E-state index in [1.165, 1.54) is 18.4 Å². The fourth-order valence-electron chi connectivity index (χ4n) is 1.49. The number of ether oxygens (including phenoxy) is 1. The van der Waals surface area contributed by atoms with Crippen LogP contribution in [0.15, 0.2) is 5.03 Å². The number of nitrogens with zero attached hydrogens (tertiary/aromatic N) is 2. The van der Waals surface area contributed by atoms with Crippen LogP contribution in [0.1, 0.15) is 21.1 Å². The Morgan fingerprint density at radius 3 is 2.69 bits per heavy atom. The topological polar surface area (TPSA) is 52.1 Å². The van der Waals surface area contributed by atoms with Gasteiger partial charge >= 0.3 is 5.97 Å². The van der Waals surface area contributed by atoms with E-state index >= 15 is 0 Å². The molecule has 0 aliphatic carbocycles. The van der Waals surface area contributed by atoms with Crippen LogP contribution in [-0.4, -0.2) is 23.0 Å². The quantitative estimate of drug-likeness (QED) is 0.442. The van der Waals surface area contributed by atoms with E-state index in [1.807, 2.05) is 6.92 Å². The fourth-order valence-corrected chi connectivity index (χ4v) is 3.08. The summed E-state index contributed by atoms with van der Waals surface area (Å²) in [6.07, 6.45) is 0.